The molecule has 1 amide bonds. The molecule has 1 aromatic carbocycles. The summed E-state index contributed by atoms with van der Waals surface area (Å²) in [7, 11) is 1.56. The molecule has 2 heterocycles. The second kappa shape index (κ2) is 11.3. The SMILES string of the molecule is CCCOc1ccc([C@@H]2C(C(=O)c3cccs3)=C(O)C(=O)N2CCN(CC)CC)cc1OC. The number of ketones is 1. The molecule has 1 aliphatic rings. The van der Waals surface area contributed by atoms with Crippen LogP contribution >= 0.6 is 11.3 Å². The third-order valence-corrected chi connectivity index (χ3v) is 6.68. The van der Waals surface area contributed by atoms with Gasteiger partial charge in [-0.25, -0.2) is 0 Å². The monoisotopic (exact) mass is 472 g/mol. The molecule has 0 radical (unpaired) electrons. The minimum atomic E-state index is -0.711. The summed E-state index contributed by atoms with van der Waals surface area (Å²) in [6, 6.07) is 8.18. The lowest BCUT2D eigenvalue weighted by Gasteiger charge is -2.29. The van der Waals surface area contributed by atoms with Gasteiger partial charge in [0.2, 0.25) is 5.78 Å². The van der Waals surface area contributed by atoms with Crippen molar-refractivity contribution in [2.24, 2.45) is 0 Å². The van der Waals surface area contributed by atoms with Crippen LogP contribution in [0.1, 0.15) is 48.5 Å². The van der Waals surface area contributed by atoms with Crippen molar-refractivity contribution in [3.8, 4) is 11.5 Å². The van der Waals surface area contributed by atoms with E-state index in [1.54, 1.807) is 41.7 Å². The van der Waals surface area contributed by atoms with E-state index < -0.39 is 17.7 Å². The molecule has 0 unspecified atom stereocenters. The number of amides is 1. The number of likely N-dealkylation sites (N-methyl/N-ethyl adjacent to an activating group) is 1. The highest BCUT2D eigenvalue weighted by Gasteiger charge is 2.44. The highest BCUT2D eigenvalue weighted by Crippen LogP contribution is 2.42. The predicted molar refractivity (Wildman–Crippen MR) is 129 cm³/mol. The number of hydrogen-bond donors (Lipinski definition) is 1. The largest absolute Gasteiger partial charge is 0.503 e. The van der Waals surface area contributed by atoms with Gasteiger partial charge < -0.3 is 24.4 Å². The highest BCUT2D eigenvalue weighted by molar-refractivity contribution is 7.12. The number of aliphatic hydroxyl groups is 1. The molecule has 0 saturated carbocycles. The Balaban J connectivity index is 2.04. The molecule has 178 valence electrons. The summed E-state index contributed by atoms with van der Waals surface area (Å²) in [5.74, 6) is -0.232. The zero-order valence-electron chi connectivity index (χ0n) is 19.7. The molecule has 1 atom stereocenters. The first-order valence-electron chi connectivity index (χ1n) is 11.3. The smallest absolute Gasteiger partial charge is 0.290 e. The van der Waals surface area contributed by atoms with Crippen LogP contribution in [0.2, 0.25) is 0 Å². The first-order chi connectivity index (χ1) is 16.0. The van der Waals surface area contributed by atoms with E-state index in [0.717, 1.165) is 19.5 Å². The maximum absolute atomic E-state index is 13.4. The van der Waals surface area contributed by atoms with Gasteiger partial charge in [0.15, 0.2) is 17.3 Å². The summed E-state index contributed by atoms with van der Waals surface area (Å²) in [5, 5.41) is 12.6. The second-order valence-electron chi connectivity index (χ2n) is 7.76. The number of aliphatic hydroxyl groups excluding tert-OH is 1. The van der Waals surface area contributed by atoms with Crippen molar-refractivity contribution >= 4 is 23.0 Å². The van der Waals surface area contributed by atoms with Crippen LogP contribution in [0.5, 0.6) is 11.5 Å². The lowest BCUT2D eigenvalue weighted by Crippen LogP contribution is -2.38. The van der Waals surface area contributed by atoms with Crippen molar-refractivity contribution in [3.63, 3.8) is 0 Å². The molecule has 2 aromatic rings. The summed E-state index contributed by atoms with van der Waals surface area (Å²) < 4.78 is 11.3. The van der Waals surface area contributed by atoms with Crippen LogP contribution in [0, 0.1) is 0 Å². The first kappa shape index (κ1) is 24.8. The number of carbonyl (C=O) groups is 2. The van der Waals surface area contributed by atoms with E-state index in [1.807, 2.05) is 13.0 Å². The molecule has 3 rings (SSSR count). The number of Topliss-reactive ketones (excluding diaryl/α,β-unsaturated/α-hetero) is 1. The van der Waals surface area contributed by atoms with Crippen LogP contribution in [-0.4, -0.2) is 66.5 Å². The number of rotatable bonds is 12. The fourth-order valence-corrected chi connectivity index (χ4v) is 4.66. The Morgan fingerprint density at radius 1 is 1.18 bits per heavy atom. The topological polar surface area (TPSA) is 79.3 Å². The molecule has 7 nitrogen and oxygen atoms in total. The summed E-state index contributed by atoms with van der Waals surface area (Å²) in [6.45, 7) is 9.42. The molecule has 0 aliphatic carbocycles. The van der Waals surface area contributed by atoms with E-state index >= 15 is 0 Å². The van der Waals surface area contributed by atoms with Gasteiger partial charge in [-0.3, -0.25) is 9.59 Å². The molecule has 0 saturated heterocycles. The van der Waals surface area contributed by atoms with Gasteiger partial charge in [-0.1, -0.05) is 32.9 Å². The van der Waals surface area contributed by atoms with Crippen molar-refractivity contribution in [2.45, 2.75) is 33.2 Å². The van der Waals surface area contributed by atoms with Crippen LogP contribution in [0.15, 0.2) is 47.0 Å². The van der Waals surface area contributed by atoms with Crippen molar-refractivity contribution in [1.29, 1.82) is 0 Å². The normalized spacial score (nSPS) is 16.1. The minimum absolute atomic E-state index is 0.103. The molecular formula is C25H32N2O5S. The average molecular weight is 473 g/mol. The predicted octanol–water partition coefficient (Wildman–Crippen LogP) is 4.47. The van der Waals surface area contributed by atoms with Gasteiger partial charge in [-0.05, 0) is 48.7 Å². The van der Waals surface area contributed by atoms with Gasteiger partial charge in [0.05, 0.1) is 30.2 Å². The number of hydrogen-bond acceptors (Lipinski definition) is 7. The highest BCUT2D eigenvalue weighted by atomic mass is 32.1. The molecule has 1 N–H and O–H groups in total. The Morgan fingerprint density at radius 3 is 2.55 bits per heavy atom. The fourth-order valence-electron chi connectivity index (χ4n) is 3.98. The van der Waals surface area contributed by atoms with Crippen LogP contribution in [0.3, 0.4) is 0 Å². The van der Waals surface area contributed by atoms with E-state index in [9.17, 15) is 14.7 Å². The van der Waals surface area contributed by atoms with Crippen molar-refractivity contribution in [3.05, 3.63) is 57.5 Å². The maximum Gasteiger partial charge on any atom is 0.290 e. The number of thiophene rings is 1. The average Bonchev–Trinajstić information content (AvgIpc) is 3.46. The van der Waals surface area contributed by atoms with Crippen LogP contribution < -0.4 is 9.47 Å². The van der Waals surface area contributed by atoms with Gasteiger partial charge in [0, 0.05) is 13.1 Å². The number of methoxy groups -OCH3 is 1. The third-order valence-electron chi connectivity index (χ3n) is 5.81. The van der Waals surface area contributed by atoms with E-state index in [0.29, 0.717) is 41.6 Å². The Morgan fingerprint density at radius 2 is 1.94 bits per heavy atom. The van der Waals surface area contributed by atoms with Gasteiger partial charge in [-0.2, -0.15) is 0 Å². The Bertz CT molecular complexity index is 998. The Kier molecular flexibility index (Phi) is 8.52. The molecular weight excluding hydrogens is 440 g/mol. The van der Waals surface area contributed by atoms with Crippen LogP contribution in [0.25, 0.3) is 0 Å². The van der Waals surface area contributed by atoms with E-state index in [1.165, 1.54) is 11.3 Å². The summed E-state index contributed by atoms with van der Waals surface area (Å²) in [5.41, 5.74) is 0.791. The Hall–Kier alpha value is -2.84. The van der Waals surface area contributed by atoms with Gasteiger partial charge in [0.1, 0.15) is 0 Å². The number of carbonyl (C=O) groups excluding carboxylic acids is 2. The zero-order chi connectivity index (χ0) is 24.0. The molecule has 1 aromatic heterocycles. The maximum atomic E-state index is 13.4. The van der Waals surface area contributed by atoms with Crippen molar-refractivity contribution in [1.82, 2.24) is 9.80 Å². The van der Waals surface area contributed by atoms with Crippen LogP contribution in [-0.2, 0) is 4.79 Å². The fraction of sp³-hybridized carbons (Fsp3) is 0.440. The van der Waals surface area contributed by atoms with Gasteiger partial charge in [-0.15, -0.1) is 11.3 Å². The quantitative estimate of drug-likeness (QED) is 0.459. The molecule has 0 spiro atoms. The third kappa shape index (κ3) is 5.23. The Labute approximate surface area is 199 Å². The molecule has 1 aliphatic heterocycles. The second-order valence-corrected chi connectivity index (χ2v) is 8.70. The number of ether oxygens (including phenoxy) is 2. The minimum Gasteiger partial charge on any atom is -0.503 e. The van der Waals surface area contributed by atoms with E-state index in [-0.39, 0.29) is 11.4 Å². The summed E-state index contributed by atoms with van der Waals surface area (Å²) >= 11 is 1.29. The number of benzene rings is 1. The van der Waals surface area contributed by atoms with Gasteiger partial charge >= 0.3 is 0 Å². The zero-order valence-corrected chi connectivity index (χ0v) is 20.5. The molecule has 0 fully saturated rings. The van der Waals surface area contributed by atoms with Crippen molar-refractivity contribution < 1.29 is 24.2 Å². The molecule has 33 heavy (non-hydrogen) atoms. The molecule has 0 bridgehead atoms. The molecule has 8 heteroatoms. The first-order valence-corrected chi connectivity index (χ1v) is 12.2. The van der Waals surface area contributed by atoms with Crippen molar-refractivity contribution in [2.75, 3.05) is 39.9 Å². The number of nitrogens with zero attached hydrogens (tertiary/aromatic N) is 2. The standard InChI is InChI=1S/C25H32N2O5S/c1-5-14-32-18-11-10-17(16-19(18)31-4)22-21(23(28)20-9-8-15-33-20)24(29)25(30)27(22)13-12-26(6-2)7-3/h8-11,15-16,22,29H,5-7,12-14H2,1-4H3/t22-/m1/s1. The lowest BCUT2D eigenvalue weighted by molar-refractivity contribution is -0.129. The lowest BCUT2D eigenvalue weighted by atomic mass is 9.95. The summed E-state index contributed by atoms with van der Waals surface area (Å²) in [4.78, 5) is 30.7. The van der Waals surface area contributed by atoms with Crippen LogP contribution in [0.4, 0.5) is 0 Å². The van der Waals surface area contributed by atoms with E-state index in [4.69, 9.17) is 9.47 Å². The van der Waals surface area contributed by atoms with Gasteiger partial charge in [0.25, 0.3) is 5.91 Å². The summed E-state index contributed by atoms with van der Waals surface area (Å²) in [6.07, 6.45) is 0.858. The van der Waals surface area contributed by atoms with E-state index in [2.05, 4.69) is 18.7 Å².